The first-order chi connectivity index (χ1) is 9.81. The Morgan fingerprint density at radius 1 is 0.950 bits per heavy atom. The van der Waals surface area contributed by atoms with Gasteiger partial charge < -0.3 is 5.32 Å². The van der Waals surface area contributed by atoms with Crippen LogP contribution in [0.2, 0.25) is 0 Å². The fourth-order valence-electron chi connectivity index (χ4n) is 3.50. The van der Waals surface area contributed by atoms with Crippen LogP contribution < -0.4 is 5.32 Å². The van der Waals surface area contributed by atoms with Gasteiger partial charge in [0.25, 0.3) is 0 Å². The van der Waals surface area contributed by atoms with E-state index in [2.05, 4.69) is 48.3 Å². The van der Waals surface area contributed by atoms with E-state index in [0.717, 1.165) is 11.2 Å². The summed E-state index contributed by atoms with van der Waals surface area (Å²) >= 11 is 2.10. The third-order valence-electron chi connectivity index (χ3n) is 4.86. The Bertz CT molecular complexity index is 417. The zero-order valence-electron chi connectivity index (χ0n) is 12.6. The third kappa shape index (κ3) is 3.72. The SMILES string of the molecule is CC1CCC(Nc2ccccc2SC2CCCC2)CC1. The normalized spacial score (nSPS) is 27.6. The van der Waals surface area contributed by atoms with E-state index in [-0.39, 0.29) is 0 Å². The van der Waals surface area contributed by atoms with Gasteiger partial charge in [-0.15, -0.1) is 11.8 Å². The summed E-state index contributed by atoms with van der Waals surface area (Å²) in [6, 6.07) is 9.63. The molecule has 1 N–H and O–H groups in total. The maximum atomic E-state index is 3.82. The summed E-state index contributed by atoms with van der Waals surface area (Å²) in [6.07, 6.45) is 11.1. The van der Waals surface area contributed by atoms with E-state index in [0.29, 0.717) is 6.04 Å². The lowest BCUT2D eigenvalue weighted by molar-refractivity contribution is 0.361. The van der Waals surface area contributed by atoms with E-state index in [1.54, 1.807) is 0 Å². The fourth-order valence-corrected chi connectivity index (χ4v) is 4.84. The second kappa shape index (κ2) is 6.89. The first-order valence-electron chi connectivity index (χ1n) is 8.33. The summed E-state index contributed by atoms with van der Waals surface area (Å²) in [7, 11) is 0. The van der Waals surface area contributed by atoms with Gasteiger partial charge in [-0.3, -0.25) is 0 Å². The lowest BCUT2D eigenvalue weighted by atomic mass is 9.87. The molecule has 0 heterocycles. The van der Waals surface area contributed by atoms with Crippen LogP contribution in [0.4, 0.5) is 5.69 Å². The van der Waals surface area contributed by atoms with Crippen LogP contribution in [-0.4, -0.2) is 11.3 Å². The van der Waals surface area contributed by atoms with E-state index in [1.807, 2.05) is 0 Å². The number of hydrogen-bond donors (Lipinski definition) is 1. The molecule has 2 saturated carbocycles. The lowest BCUT2D eigenvalue weighted by Crippen LogP contribution is -2.25. The second-order valence-electron chi connectivity index (χ2n) is 6.62. The number of benzene rings is 1. The number of rotatable bonds is 4. The van der Waals surface area contributed by atoms with Crippen LogP contribution in [0.5, 0.6) is 0 Å². The van der Waals surface area contributed by atoms with Crippen molar-refractivity contribution in [2.45, 2.75) is 74.5 Å². The van der Waals surface area contributed by atoms with Crippen molar-refractivity contribution in [2.24, 2.45) is 5.92 Å². The molecule has 0 bridgehead atoms. The second-order valence-corrected chi connectivity index (χ2v) is 7.96. The molecule has 0 unspecified atom stereocenters. The van der Waals surface area contributed by atoms with Gasteiger partial charge in [-0.25, -0.2) is 0 Å². The summed E-state index contributed by atoms with van der Waals surface area (Å²) in [5, 5.41) is 4.67. The summed E-state index contributed by atoms with van der Waals surface area (Å²) in [5.74, 6) is 0.927. The van der Waals surface area contributed by atoms with Gasteiger partial charge in [0.2, 0.25) is 0 Å². The number of nitrogens with one attached hydrogen (secondary N) is 1. The zero-order valence-corrected chi connectivity index (χ0v) is 13.4. The monoisotopic (exact) mass is 289 g/mol. The minimum absolute atomic E-state index is 0.691. The van der Waals surface area contributed by atoms with E-state index in [1.165, 1.54) is 61.9 Å². The molecule has 2 heteroatoms. The molecule has 2 aliphatic rings. The molecular weight excluding hydrogens is 262 g/mol. The Morgan fingerprint density at radius 2 is 1.65 bits per heavy atom. The molecular formula is C18H27NS. The van der Waals surface area contributed by atoms with Crippen LogP contribution in [0.1, 0.15) is 58.3 Å². The highest BCUT2D eigenvalue weighted by Crippen LogP contribution is 2.38. The standard InChI is InChI=1S/C18H27NS/c1-14-10-12-15(13-11-14)19-17-8-4-5-9-18(17)20-16-6-2-3-7-16/h4-5,8-9,14-16,19H,2-3,6-7,10-13H2,1H3. The van der Waals surface area contributed by atoms with Gasteiger partial charge in [0.05, 0.1) is 0 Å². The summed E-state index contributed by atoms with van der Waals surface area (Å²) in [4.78, 5) is 1.47. The van der Waals surface area contributed by atoms with E-state index >= 15 is 0 Å². The van der Waals surface area contributed by atoms with E-state index in [9.17, 15) is 0 Å². The van der Waals surface area contributed by atoms with Gasteiger partial charge in [-0.2, -0.15) is 0 Å². The van der Waals surface area contributed by atoms with Crippen molar-refractivity contribution in [3.05, 3.63) is 24.3 Å². The Hall–Kier alpha value is -0.630. The van der Waals surface area contributed by atoms with Crippen molar-refractivity contribution < 1.29 is 0 Å². The molecule has 1 aromatic carbocycles. The summed E-state index contributed by atoms with van der Waals surface area (Å²) < 4.78 is 0. The number of thioether (sulfide) groups is 1. The van der Waals surface area contributed by atoms with Crippen LogP contribution in [-0.2, 0) is 0 Å². The van der Waals surface area contributed by atoms with Crippen LogP contribution in [0.25, 0.3) is 0 Å². The molecule has 1 nitrogen and oxygen atoms in total. The van der Waals surface area contributed by atoms with Gasteiger partial charge in [0.15, 0.2) is 0 Å². The van der Waals surface area contributed by atoms with Crippen molar-refractivity contribution in [3.8, 4) is 0 Å². The molecule has 2 fully saturated rings. The maximum Gasteiger partial charge on any atom is 0.0480 e. The van der Waals surface area contributed by atoms with Crippen LogP contribution in [0, 0.1) is 5.92 Å². The predicted octanol–water partition coefficient (Wildman–Crippen LogP) is 5.71. The minimum Gasteiger partial charge on any atom is -0.381 e. The van der Waals surface area contributed by atoms with Crippen molar-refractivity contribution in [2.75, 3.05) is 5.32 Å². The highest BCUT2D eigenvalue weighted by molar-refractivity contribution is 8.00. The van der Waals surface area contributed by atoms with Gasteiger partial charge in [-0.1, -0.05) is 31.9 Å². The first kappa shape index (κ1) is 14.3. The Balaban J connectivity index is 1.63. The van der Waals surface area contributed by atoms with Gasteiger partial charge >= 0.3 is 0 Å². The van der Waals surface area contributed by atoms with Gasteiger partial charge in [0, 0.05) is 21.9 Å². The highest BCUT2D eigenvalue weighted by Gasteiger charge is 2.20. The van der Waals surface area contributed by atoms with E-state index < -0.39 is 0 Å². The number of anilines is 1. The molecule has 2 aliphatic carbocycles. The molecule has 3 rings (SSSR count). The molecule has 110 valence electrons. The number of hydrogen-bond acceptors (Lipinski definition) is 2. The quantitative estimate of drug-likeness (QED) is 0.761. The fraction of sp³-hybridized carbons (Fsp3) is 0.667. The molecule has 0 radical (unpaired) electrons. The van der Waals surface area contributed by atoms with Gasteiger partial charge in [0.1, 0.15) is 0 Å². The first-order valence-corrected chi connectivity index (χ1v) is 9.21. The largest absolute Gasteiger partial charge is 0.381 e. The maximum absolute atomic E-state index is 3.82. The molecule has 0 atom stereocenters. The Labute approximate surface area is 127 Å². The zero-order chi connectivity index (χ0) is 13.8. The molecule has 0 spiro atoms. The van der Waals surface area contributed by atoms with Gasteiger partial charge in [-0.05, 0) is 56.6 Å². The van der Waals surface area contributed by atoms with Crippen molar-refractivity contribution in [3.63, 3.8) is 0 Å². The molecule has 20 heavy (non-hydrogen) atoms. The summed E-state index contributed by atoms with van der Waals surface area (Å²) in [5.41, 5.74) is 1.38. The number of para-hydroxylation sites is 1. The van der Waals surface area contributed by atoms with Crippen LogP contribution in [0.3, 0.4) is 0 Å². The highest BCUT2D eigenvalue weighted by atomic mass is 32.2. The molecule has 0 saturated heterocycles. The smallest absolute Gasteiger partial charge is 0.0480 e. The van der Waals surface area contributed by atoms with Crippen LogP contribution in [0.15, 0.2) is 29.2 Å². The summed E-state index contributed by atoms with van der Waals surface area (Å²) in [6.45, 7) is 2.39. The third-order valence-corrected chi connectivity index (χ3v) is 6.27. The molecule has 1 aromatic rings. The van der Waals surface area contributed by atoms with E-state index in [4.69, 9.17) is 0 Å². The lowest BCUT2D eigenvalue weighted by Gasteiger charge is -2.28. The Morgan fingerprint density at radius 3 is 2.40 bits per heavy atom. The predicted molar refractivity (Wildman–Crippen MR) is 89.6 cm³/mol. The van der Waals surface area contributed by atoms with Crippen LogP contribution >= 0.6 is 11.8 Å². The topological polar surface area (TPSA) is 12.0 Å². The van der Waals surface area contributed by atoms with Crippen molar-refractivity contribution >= 4 is 17.4 Å². The van der Waals surface area contributed by atoms with Crippen molar-refractivity contribution in [1.82, 2.24) is 0 Å². The molecule has 0 amide bonds. The Kier molecular flexibility index (Phi) is 4.93. The molecule has 0 aromatic heterocycles. The average Bonchev–Trinajstić information content (AvgIpc) is 2.96. The van der Waals surface area contributed by atoms with Crippen molar-refractivity contribution in [1.29, 1.82) is 0 Å². The average molecular weight is 289 g/mol. The minimum atomic E-state index is 0.691. The molecule has 0 aliphatic heterocycles.